The third-order valence-corrected chi connectivity index (χ3v) is 6.11. The van der Waals surface area contributed by atoms with Crippen LogP contribution in [0.2, 0.25) is 0 Å². The quantitative estimate of drug-likeness (QED) is 0.787. The molecular formula is C23H26N6O2. The van der Waals surface area contributed by atoms with Crippen molar-refractivity contribution in [2.24, 2.45) is 5.73 Å². The van der Waals surface area contributed by atoms with Crippen molar-refractivity contribution in [3.63, 3.8) is 0 Å². The third kappa shape index (κ3) is 4.23. The number of imidazole rings is 1. The van der Waals surface area contributed by atoms with Gasteiger partial charge in [-0.25, -0.2) is 4.98 Å². The van der Waals surface area contributed by atoms with E-state index in [1.54, 1.807) is 17.7 Å². The van der Waals surface area contributed by atoms with Crippen LogP contribution >= 0.6 is 0 Å². The number of piperidine rings is 1. The lowest BCUT2D eigenvalue weighted by atomic mass is 9.86. The summed E-state index contributed by atoms with van der Waals surface area (Å²) in [5, 5.41) is 12.7. The maximum atomic E-state index is 12.0. The molecule has 1 fully saturated rings. The average Bonchev–Trinajstić information content (AvgIpc) is 3.24. The Morgan fingerprint density at radius 2 is 2.06 bits per heavy atom. The van der Waals surface area contributed by atoms with Crippen molar-refractivity contribution in [2.75, 3.05) is 26.2 Å². The van der Waals surface area contributed by atoms with E-state index in [4.69, 9.17) is 5.73 Å². The van der Waals surface area contributed by atoms with Crippen LogP contribution < -0.4 is 11.1 Å². The molecule has 0 aliphatic carbocycles. The molecule has 1 aromatic carbocycles. The van der Waals surface area contributed by atoms with Gasteiger partial charge in [-0.2, -0.15) is 5.26 Å². The fourth-order valence-electron chi connectivity index (χ4n) is 4.44. The molecule has 2 aromatic rings. The number of rotatable bonds is 4. The molecule has 31 heavy (non-hydrogen) atoms. The first-order chi connectivity index (χ1) is 15.0. The predicted molar refractivity (Wildman–Crippen MR) is 116 cm³/mol. The maximum Gasteiger partial charge on any atom is 0.285 e. The largest absolute Gasteiger partial charge is 0.363 e. The first-order valence-corrected chi connectivity index (χ1v) is 10.6. The molecule has 8 nitrogen and oxygen atoms in total. The number of amides is 2. The molecule has 160 valence electrons. The number of nitrogens with two attached hydrogens (primary N) is 1. The van der Waals surface area contributed by atoms with Gasteiger partial charge in [0.2, 0.25) is 11.7 Å². The Labute approximate surface area is 181 Å². The normalized spacial score (nSPS) is 17.2. The Balaban J connectivity index is 1.76. The lowest BCUT2D eigenvalue weighted by Crippen LogP contribution is -2.36. The van der Waals surface area contributed by atoms with Crippen LogP contribution in [0.3, 0.4) is 0 Å². The van der Waals surface area contributed by atoms with Gasteiger partial charge >= 0.3 is 0 Å². The minimum atomic E-state index is -0.677. The topological polar surface area (TPSA) is 117 Å². The number of nitriles is 1. The molecular weight excluding hydrogens is 392 g/mol. The Morgan fingerprint density at radius 1 is 1.29 bits per heavy atom. The monoisotopic (exact) mass is 418 g/mol. The molecule has 0 saturated carbocycles. The zero-order valence-electron chi connectivity index (χ0n) is 17.6. The van der Waals surface area contributed by atoms with Gasteiger partial charge in [0.05, 0.1) is 5.69 Å². The molecule has 3 heterocycles. The summed E-state index contributed by atoms with van der Waals surface area (Å²) in [6.45, 7) is 4.80. The van der Waals surface area contributed by atoms with E-state index in [9.17, 15) is 14.9 Å². The fourth-order valence-corrected chi connectivity index (χ4v) is 4.44. The van der Waals surface area contributed by atoms with Crippen molar-refractivity contribution in [1.82, 2.24) is 19.8 Å². The molecule has 0 spiro atoms. The Bertz CT molecular complexity index is 1090. The number of nitrogens with zero attached hydrogens (tertiary/aromatic N) is 4. The summed E-state index contributed by atoms with van der Waals surface area (Å²) in [5.74, 6) is -0.137. The Morgan fingerprint density at radius 3 is 2.68 bits per heavy atom. The standard InChI is InChI=1S/C23H26N6O2/c1-15(30)28-9-6-16(7-10-28)17-4-5-21(20(11-17)18-3-2-8-26-13-18)29-14-19(12-24)27-23(29)22(25)31/h3-5,11,14,16,26H,2,6-10,13H2,1H3,(H2,25,31). The highest BCUT2D eigenvalue weighted by atomic mass is 16.2. The highest BCUT2D eigenvalue weighted by Crippen LogP contribution is 2.33. The van der Waals surface area contributed by atoms with E-state index in [1.807, 2.05) is 17.0 Å². The SMILES string of the molecule is CC(=O)N1CCC(c2ccc(-n3cc(C#N)nc3C(N)=O)c(C3=CCCNC3)c2)CC1. The van der Waals surface area contributed by atoms with Crippen LogP contribution in [0.1, 0.15) is 59.5 Å². The second-order valence-electron chi connectivity index (χ2n) is 8.05. The molecule has 2 aliphatic rings. The van der Waals surface area contributed by atoms with Crippen molar-refractivity contribution < 1.29 is 9.59 Å². The summed E-state index contributed by atoms with van der Waals surface area (Å²) < 4.78 is 1.62. The number of primary amides is 1. The van der Waals surface area contributed by atoms with E-state index < -0.39 is 5.91 Å². The number of aromatic nitrogens is 2. The summed E-state index contributed by atoms with van der Waals surface area (Å²) >= 11 is 0. The van der Waals surface area contributed by atoms with Gasteiger partial charge in [0.15, 0.2) is 5.69 Å². The van der Waals surface area contributed by atoms with Crippen molar-refractivity contribution in [3.05, 3.63) is 53.1 Å². The van der Waals surface area contributed by atoms with Crippen LogP contribution in [0.15, 0.2) is 30.5 Å². The molecule has 1 saturated heterocycles. The van der Waals surface area contributed by atoms with Gasteiger partial charge < -0.3 is 16.0 Å². The van der Waals surface area contributed by atoms with Crippen molar-refractivity contribution >= 4 is 17.4 Å². The highest BCUT2D eigenvalue weighted by Gasteiger charge is 2.24. The highest BCUT2D eigenvalue weighted by molar-refractivity contribution is 5.90. The Hall–Kier alpha value is -3.44. The zero-order valence-corrected chi connectivity index (χ0v) is 17.6. The molecule has 0 atom stereocenters. The summed E-state index contributed by atoms with van der Waals surface area (Å²) in [7, 11) is 0. The van der Waals surface area contributed by atoms with Gasteiger partial charge in [-0.15, -0.1) is 0 Å². The van der Waals surface area contributed by atoms with E-state index in [0.717, 1.165) is 62.3 Å². The molecule has 0 radical (unpaired) electrons. The average molecular weight is 419 g/mol. The smallest absolute Gasteiger partial charge is 0.285 e. The number of carbonyl (C=O) groups excluding carboxylic acids is 2. The molecule has 3 N–H and O–H groups in total. The van der Waals surface area contributed by atoms with Gasteiger partial charge in [-0.1, -0.05) is 12.1 Å². The van der Waals surface area contributed by atoms with Crippen molar-refractivity contribution in [1.29, 1.82) is 5.26 Å². The number of carbonyl (C=O) groups is 2. The van der Waals surface area contributed by atoms with Crippen LogP contribution in [-0.4, -0.2) is 52.4 Å². The molecule has 2 aliphatic heterocycles. The molecule has 2 amide bonds. The number of nitrogens with one attached hydrogen (secondary N) is 1. The number of hydrogen-bond donors (Lipinski definition) is 2. The van der Waals surface area contributed by atoms with Gasteiger partial charge in [-0.05, 0) is 55.0 Å². The summed E-state index contributed by atoms with van der Waals surface area (Å²) in [6.07, 6.45) is 6.54. The maximum absolute atomic E-state index is 12.0. The van der Waals surface area contributed by atoms with Gasteiger partial charge in [0.1, 0.15) is 6.07 Å². The molecule has 0 bridgehead atoms. The summed E-state index contributed by atoms with van der Waals surface area (Å²) in [5.41, 5.74) is 9.84. The van der Waals surface area contributed by atoms with E-state index >= 15 is 0 Å². The number of likely N-dealkylation sites (tertiary alicyclic amines) is 1. The van der Waals surface area contributed by atoms with Gasteiger partial charge in [-0.3, -0.25) is 14.2 Å². The second-order valence-corrected chi connectivity index (χ2v) is 8.05. The van der Waals surface area contributed by atoms with Crippen molar-refractivity contribution in [2.45, 2.75) is 32.1 Å². The predicted octanol–water partition coefficient (Wildman–Crippen LogP) is 1.95. The molecule has 0 unspecified atom stereocenters. The van der Waals surface area contributed by atoms with Crippen LogP contribution in [0.25, 0.3) is 11.3 Å². The first kappa shape index (κ1) is 20.8. The van der Waals surface area contributed by atoms with E-state index in [1.165, 1.54) is 5.56 Å². The van der Waals surface area contributed by atoms with E-state index in [0.29, 0.717) is 5.92 Å². The van der Waals surface area contributed by atoms with Crippen LogP contribution in [0, 0.1) is 11.3 Å². The summed E-state index contributed by atoms with van der Waals surface area (Å²) in [6, 6.07) is 8.22. The van der Waals surface area contributed by atoms with E-state index in [2.05, 4.69) is 28.5 Å². The summed E-state index contributed by atoms with van der Waals surface area (Å²) in [4.78, 5) is 29.6. The number of benzene rings is 1. The van der Waals surface area contributed by atoms with Gasteiger partial charge in [0, 0.05) is 38.3 Å². The fraction of sp³-hybridized carbons (Fsp3) is 0.391. The minimum Gasteiger partial charge on any atom is -0.363 e. The molecule has 1 aromatic heterocycles. The third-order valence-electron chi connectivity index (χ3n) is 6.11. The molecule has 8 heteroatoms. The van der Waals surface area contributed by atoms with Gasteiger partial charge in [0.25, 0.3) is 5.91 Å². The lowest BCUT2D eigenvalue weighted by Gasteiger charge is -2.32. The molecule has 4 rings (SSSR count). The number of hydrogen-bond acceptors (Lipinski definition) is 5. The van der Waals surface area contributed by atoms with E-state index in [-0.39, 0.29) is 17.4 Å². The lowest BCUT2D eigenvalue weighted by molar-refractivity contribution is -0.129. The van der Waals surface area contributed by atoms with Crippen LogP contribution in [-0.2, 0) is 4.79 Å². The van der Waals surface area contributed by atoms with Crippen LogP contribution in [0.4, 0.5) is 0 Å². The first-order valence-electron chi connectivity index (χ1n) is 10.6. The van der Waals surface area contributed by atoms with Crippen molar-refractivity contribution in [3.8, 4) is 11.8 Å². The second kappa shape index (κ2) is 8.74. The minimum absolute atomic E-state index is 0.0460. The Kier molecular flexibility index (Phi) is 5.87. The zero-order chi connectivity index (χ0) is 22.0. The van der Waals surface area contributed by atoms with Crippen LogP contribution in [0.5, 0.6) is 0 Å².